The van der Waals surface area contributed by atoms with E-state index in [9.17, 15) is 5.11 Å². The van der Waals surface area contributed by atoms with Gasteiger partial charge in [-0.15, -0.1) is 6.58 Å². The molecule has 0 aliphatic carbocycles. The number of hydrogen-bond acceptors (Lipinski definition) is 1. The number of rotatable bonds is 6. The highest BCUT2D eigenvalue weighted by molar-refractivity contribution is 5.26. The summed E-state index contributed by atoms with van der Waals surface area (Å²) in [5.74, 6) is 0. The molecular weight excluding hydrogens is 232 g/mol. The smallest absolute Gasteiger partial charge is 0.0969 e. The summed E-state index contributed by atoms with van der Waals surface area (Å²) < 4.78 is 0. The van der Waals surface area contributed by atoms with Crippen LogP contribution in [0.5, 0.6) is 0 Å². The van der Waals surface area contributed by atoms with Crippen molar-refractivity contribution >= 4 is 0 Å². The Morgan fingerprint density at radius 2 is 1.47 bits per heavy atom. The molecule has 1 atom stereocenters. The molecule has 2 aromatic rings. The Bertz CT molecular complexity index is 499. The molecular formula is C18H20O. The lowest BCUT2D eigenvalue weighted by molar-refractivity contribution is 0.229. The number of benzene rings is 2. The first-order valence-electron chi connectivity index (χ1n) is 6.73. The van der Waals surface area contributed by atoms with E-state index in [-0.39, 0.29) is 0 Å². The largest absolute Gasteiger partial charge is 0.384 e. The summed E-state index contributed by atoms with van der Waals surface area (Å²) >= 11 is 0. The molecule has 0 aliphatic rings. The number of aliphatic hydroxyl groups excluding tert-OH is 1. The van der Waals surface area contributed by atoms with E-state index in [0.29, 0.717) is 0 Å². The molecule has 1 unspecified atom stereocenters. The minimum atomic E-state index is -0.557. The predicted octanol–water partition coefficient (Wildman–Crippen LogP) is 4.08. The Kier molecular flexibility index (Phi) is 4.93. The normalized spacial score (nSPS) is 12.1. The van der Waals surface area contributed by atoms with Gasteiger partial charge in [0.25, 0.3) is 0 Å². The van der Waals surface area contributed by atoms with Gasteiger partial charge >= 0.3 is 0 Å². The molecule has 1 N–H and O–H groups in total. The lowest BCUT2D eigenvalue weighted by Crippen LogP contribution is -1.94. The quantitative estimate of drug-likeness (QED) is 0.768. The van der Waals surface area contributed by atoms with E-state index in [2.05, 4.69) is 43.0 Å². The van der Waals surface area contributed by atoms with Crippen LogP contribution in [0, 0.1) is 0 Å². The van der Waals surface area contributed by atoms with Crippen molar-refractivity contribution in [3.05, 3.63) is 83.9 Å². The maximum Gasteiger partial charge on any atom is 0.0969 e. The summed E-state index contributed by atoms with van der Waals surface area (Å²) in [7, 11) is 0. The average molecular weight is 252 g/mol. The van der Waals surface area contributed by atoms with Gasteiger partial charge in [0, 0.05) is 0 Å². The van der Waals surface area contributed by atoms with Crippen molar-refractivity contribution in [2.45, 2.75) is 25.4 Å². The number of hydrogen-bond donors (Lipinski definition) is 1. The first kappa shape index (κ1) is 13.6. The van der Waals surface area contributed by atoms with E-state index in [4.69, 9.17) is 0 Å². The number of aryl methyl sites for hydroxylation is 2. The summed E-state index contributed by atoms with van der Waals surface area (Å²) in [6, 6.07) is 18.7. The first-order valence-corrected chi connectivity index (χ1v) is 6.73. The van der Waals surface area contributed by atoms with Crippen LogP contribution in [0.3, 0.4) is 0 Å². The minimum absolute atomic E-state index is 0.557. The molecule has 1 heteroatoms. The van der Waals surface area contributed by atoms with Crippen LogP contribution in [0.1, 0.15) is 29.2 Å². The zero-order valence-electron chi connectivity index (χ0n) is 11.1. The zero-order valence-corrected chi connectivity index (χ0v) is 11.1. The number of aliphatic hydroxyl groups is 1. The Morgan fingerprint density at radius 3 is 2.05 bits per heavy atom. The second-order valence-electron chi connectivity index (χ2n) is 4.76. The molecule has 2 aromatic carbocycles. The Labute approximate surface area is 115 Å². The third-order valence-corrected chi connectivity index (χ3v) is 3.32. The Hall–Kier alpha value is -1.86. The minimum Gasteiger partial charge on any atom is -0.384 e. The van der Waals surface area contributed by atoms with Crippen molar-refractivity contribution in [1.82, 2.24) is 0 Å². The fourth-order valence-corrected chi connectivity index (χ4v) is 2.16. The highest BCUT2D eigenvalue weighted by Crippen LogP contribution is 2.15. The molecule has 0 fully saturated rings. The molecule has 0 heterocycles. The van der Waals surface area contributed by atoms with Gasteiger partial charge in [0.05, 0.1) is 6.10 Å². The monoisotopic (exact) mass is 252 g/mol. The van der Waals surface area contributed by atoms with Crippen LogP contribution in [0.25, 0.3) is 0 Å². The van der Waals surface area contributed by atoms with Gasteiger partial charge in [-0.3, -0.25) is 0 Å². The highest BCUT2D eigenvalue weighted by atomic mass is 16.3. The fraction of sp³-hybridized carbons (Fsp3) is 0.222. The molecule has 0 saturated carbocycles. The molecule has 98 valence electrons. The van der Waals surface area contributed by atoms with Crippen molar-refractivity contribution in [1.29, 1.82) is 0 Å². The Balaban J connectivity index is 1.85. The second kappa shape index (κ2) is 6.91. The first-order chi connectivity index (χ1) is 9.29. The molecule has 0 bridgehead atoms. The van der Waals surface area contributed by atoms with Crippen molar-refractivity contribution in [2.24, 2.45) is 0 Å². The molecule has 19 heavy (non-hydrogen) atoms. The van der Waals surface area contributed by atoms with Crippen LogP contribution in [0.15, 0.2) is 67.3 Å². The van der Waals surface area contributed by atoms with Gasteiger partial charge in [0.15, 0.2) is 0 Å². The van der Waals surface area contributed by atoms with Crippen molar-refractivity contribution in [3.63, 3.8) is 0 Å². The SMILES string of the molecule is C=CC(O)c1ccc(CCCc2ccccc2)cc1. The van der Waals surface area contributed by atoms with Gasteiger partial charge in [0.1, 0.15) is 0 Å². The predicted molar refractivity (Wildman–Crippen MR) is 80.1 cm³/mol. The van der Waals surface area contributed by atoms with E-state index in [1.807, 2.05) is 18.2 Å². The van der Waals surface area contributed by atoms with Crippen LogP contribution in [0.2, 0.25) is 0 Å². The third-order valence-electron chi connectivity index (χ3n) is 3.32. The molecule has 0 radical (unpaired) electrons. The van der Waals surface area contributed by atoms with E-state index >= 15 is 0 Å². The molecule has 0 aliphatic heterocycles. The van der Waals surface area contributed by atoms with Crippen LogP contribution in [-0.2, 0) is 12.8 Å². The van der Waals surface area contributed by atoms with Gasteiger partial charge in [-0.25, -0.2) is 0 Å². The lowest BCUT2D eigenvalue weighted by atomic mass is 10.0. The van der Waals surface area contributed by atoms with Crippen LogP contribution < -0.4 is 0 Å². The van der Waals surface area contributed by atoms with Crippen molar-refractivity contribution in [3.8, 4) is 0 Å². The highest BCUT2D eigenvalue weighted by Gasteiger charge is 2.02. The maximum atomic E-state index is 9.63. The van der Waals surface area contributed by atoms with E-state index in [1.165, 1.54) is 11.1 Å². The summed E-state index contributed by atoms with van der Waals surface area (Å²) in [5.41, 5.74) is 3.61. The molecule has 0 amide bonds. The topological polar surface area (TPSA) is 20.2 Å². The summed E-state index contributed by atoms with van der Waals surface area (Å²) in [5, 5.41) is 9.63. The van der Waals surface area contributed by atoms with Gasteiger partial charge in [-0.2, -0.15) is 0 Å². The summed E-state index contributed by atoms with van der Waals surface area (Å²) in [6.45, 7) is 3.59. The van der Waals surface area contributed by atoms with Crippen LogP contribution >= 0.6 is 0 Å². The lowest BCUT2D eigenvalue weighted by Gasteiger charge is -2.07. The fourth-order valence-electron chi connectivity index (χ4n) is 2.16. The van der Waals surface area contributed by atoms with Crippen molar-refractivity contribution < 1.29 is 5.11 Å². The third kappa shape index (κ3) is 4.08. The molecule has 2 rings (SSSR count). The van der Waals surface area contributed by atoms with E-state index in [1.54, 1.807) is 6.08 Å². The molecule has 0 aromatic heterocycles. The van der Waals surface area contributed by atoms with E-state index in [0.717, 1.165) is 24.8 Å². The van der Waals surface area contributed by atoms with Gasteiger partial charge in [0.2, 0.25) is 0 Å². The summed E-state index contributed by atoms with van der Waals surface area (Å²) in [6.07, 6.45) is 4.31. The maximum absolute atomic E-state index is 9.63. The molecule has 0 spiro atoms. The average Bonchev–Trinajstić information content (AvgIpc) is 2.48. The van der Waals surface area contributed by atoms with E-state index < -0.39 is 6.10 Å². The standard InChI is InChI=1S/C18H20O/c1-2-18(19)17-13-11-16(12-14-17)10-6-9-15-7-4-3-5-8-15/h2-5,7-8,11-14,18-19H,1,6,9-10H2. The van der Waals surface area contributed by atoms with Crippen LogP contribution in [-0.4, -0.2) is 5.11 Å². The summed E-state index contributed by atoms with van der Waals surface area (Å²) in [4.78, 5) is 0. The zero-order chi connectivity index (χ0) is 13.5. The Morgan fingerprint density at radius 1 is 0.895 bits per heavy atom. The van der Waals surface area contributed by atoms with Gasteiger partial charge in [-0.05, 0) is 36.0 Å². The second-order valence-corrected chi connectivity index (χ2v) is 4.76. The van der Waals surface area contributed by atoms with Gasteiger partial charge in [-0.1, -0.05) is 60.7 Å². The van der Waals surface area contributed by atoms with Crippen molar-refractivity contribution in [2.75, 3.05) is 0 Å². The van der Waals surface area contributed by atoms with Gasteiger partial charge < -0.3 is 5.11 Å². The molecule has 1 nitrogen and oxygen atoms in total. The molecule has 0 saturated heterocycles. The van der Waals surface area contributed by atoms with Crippen LogP contribution in [0.4, 0.5) is 0 Å².